The van der Waals surface area contributed by atoms with Gasteiger partial charge in [-0.1, -0.05) is 11.8 Å². The molecule has 1 heterocycles. The number of hydrogen-bond acceptors (Lipinski definition) is 5. The Hall–Kier alpha value is -1.32. The molecule has 5 nitrogen and oxygen atoms in total. The molecule has 3 N–H and O–H groups in total. The number of aryl methyl sites for hydroxylation is 1. The largest absolute Gasteiger partial charge is 0.314 e. The minimum absolute atomic E-state index is 0.121. The molecule has 0 amide bonds. The zero-order valence-corrected chi connectivity index (χ0v) is 11.5. The highest BCUT2D eigenvalue weighted by molar-refractivity contribution is 7.99. The van der Waals surface area contributed by atoms with Crippen LogP contribution in [0.25, 0.3) is 0 Å². The minimum Gasteiger partial charge on any atom is -0.314 e. The maximum atomic E-state index is 11.2. The first-order valence-electron chi connectivity index (χ1n) is 5.84. The number of unbranched alkanes of at least 4 members (excludes halogenated alkanes) is 1. The van der Waals surface area contributed by atoms with E-state index in [0.29, 0.717) is 11.6 Å². The van der Waals surface area contributed by atoms with Crippen LogP contribution in [0.5, 0.6) is 0 Å². The molecular weight excluding hydrogens is 248 g/mol. The molecule has 0 aliphatic rings. The molecule has 1 unspecified atom stereocenters. The van der Waals surface area contributed by atoms with Gasteiger partial charge in [0.25, 0.3) is 5.56 Å². The SMILES string of the molecule is Cc1cc(=O)[nH]c(SCCCCC(C)(N)C#N)n1. The van der Waals surface area contributed by atoms with E-state index in [9.17, 15) is 4.79 Å². The van der Waals surface area contributed by atoms with Crippen molar-refractivity contribution in [1.29, 1.82) is 5.26 Å². The van der Waals surface area contributed by atoms with Gasteiger partial charge in [0, 0.05) is 17.5 Å². The van der Waals surface area contributed by atoms with E-state index >= 15 is 0 Å². The van der Waals surface area contributed by atoms with Crippen molar-refractivity contribution in [2.24, 2.45) is 5.73 Å². The Morgan fingerprint density at radius 2 is 2.33 bits per heavy atom. The van der Waals surface area contributed by atoms with Crippen molar-refractivity contribution in [2.45, 2.75) is 43.8 Å². The lowest BCUT2D eigenvalue weighted by Crippen LogP contribution is -2.33. The lowest BCUT2D eigenvalue weighted by Gasteiger charge is -2.14. The summed E-state index contributed by atoms with van der Waals surface area (Å²) in [5, 5.41) is 9.41. The van der Waals surface area contributed by atoms with Crippen molar-refractivity contribution in [1.82, 2.24) is 9.97 Å². The molecule has 0 radical (unpaired) electrons. The Balaban J connectivity index is 2.31. The van der Waals surface area contributed by atoms with Crippen LogP contribution in [0, 0.1) is 18.3 Å². The molecule has 1 aromatic heterocycles. The van der Waals surface area contributed by atoms with Crippen LogP contribution in [0.2, 0.25) is 0 Å². The number of nitrogens with zero attached hydrogens (tertiary/aromatic N) is 2. The molecule has 0 aromatic carbocycles. The molecule has 0 aliphatic heterocycles. The second kappa shape index (κ2) is 6.57. The number of nitrogens with one attached hydrogen (secondary N) is 1. The molecule has 6 heteroatoms. The average Bonchev–Trinajstić information content (AvgIpc) is 2.27. The second-order valence-electron chi connectivity index (χ2n) is 4.53. The van der Waals surface area contributed by atoms with E-state index in [1.54, 1.807) is 13.8 Å². The van der Waals surface area contributed by atoms with Crippen LogP contribution in [0.15, 0.2) is 16.0 Å². The summed E-state index contributed by atoms with van der Waals surface area (Å²) in [4.78, 5) is 18.1. The molecular formula is C12H18N4OS. The van der Waals surface area contributed by atoms with Crippen molar-refractivity contribution >= 4 is 11.8 Å². The van der Waals surface area contributed by atoms with Crippen LogP contribution >= 0.6 is 11.8 Å². The molecule has 0 bridgehead atoms. The number of rotatable bonds is 6. The number of nitrogens with two attached hydrogens (primary N) is 1. The number of hydrogen-bond donors (Lipinski definition) is 2. The lowest BCUT2D eigenvalue weighted by atomic mass is 9.99. The Morgan fingerprint density at radius 3 is 2.94 bits per heavy atom. The van der Waals surface area contributed by atoms with Crippen LogP contribution in [-0.4, -0.2) is 21.3 Å². The third-order valence-corrected chi connectivity index (χ3v) is 3.39. The molecule has 0 aliphatic carbocycles. The molecule has 0 fully saturated rings. The fourth-order valence-electron chi connectivity index (χ4n) is 1.44. The van der Waals surface area contributed by atoms with Gasteiger partial charge in [-0.2, -0.15) is 5.26 Å². The number of aromatic amines is 1. The highest BCUT2D eigenvalue weighted by atomic mass is 32.2. The summed E-state index contributed by atoms with van der Waals surface area (Å²) in [6.07, 6.45) is 2.52. The van der Waals surface area contributed by atoms with E-state index in [1.165, 1.54) is 17.8 Å². The maximum absolute atomic E-state index is 11.2. The quantitative estimate of drug-likeness (QED) is 0.463. The van der Waals surface area contributed by atoms with Crippen molar-refractivity contribution in [3.63, 3.8) is 0 Å². The average molecular weight is 266 g/mol. The zero-order valence-electron chi connectivity index (χ0n) is 10.7. The number of aromatic nitrogens is 2. The minimum atomic E-state index is -0.736. The number of nitriles is 1. The Morgan fingerprint density at radius 1 is 1.61 bits per heavy atom. The third kappa shape index (κ3) is 5.34. The van der Waals surface area contributed by atoms with Gasteiger partial charge in [-0.25, -0.2) is 4.98 Å². The van der Waals surface area contributed by atoms with Gasteiger partial charge in [-0.3, -0.25) is 4.79 Å². The molecule has 18 heavy (non-hydrogen) atoms. The maximum Gasteiger partial charge on any atom is 0.251 e. The van der Waals surface area contributed by atoms with Gasteiger partial charge in [0.2, 0.25) is 0 Å². The van der Waals surface area contributed by atoms with E-state index < -0.39 is 5.54 Å². The van der Waals surface area contributed by atoms with E-state index in [0.717, 1.165) is 24.3 Å². The molecule has 0 saturated carbocycles. The van der Waals surface area contributed by atoms with Crippen LogP contribution in [0.3, 0.4) is 0 Å². The fraction of sp³-hybridized carbons (Fsp3) is 0.583. The number of H-pyrrole nitrogens is 1. The Labute approximate surface area is 111 Å². The first-order chi connectivity index (χ1) is 8.43. The van der Waals surface area contributed by atoms with Crippen molar-refractivity contribution in [3.05, 3.63) is 22.1 Å². The highest BCUT2D eigenvalue weighted by Gasteiger charge is 2.15. The van der Waals surface area contributed by atoms with Gasteiger partial charge in [0.1, 0.15) is 5.54 Å². The van der Waals surface area contributed by atoms with Gasteiger partial charge in [0.05, 0.1) is 6.07 Å². The molecule has 1 rings (SSSR count). The Bertz CT molecular complexity index is 490. The molecule has 0 saturated heterocycles. The number of thioether (sulfide) groups is 1. The van der Waals surface area contributed by atoms with E-state index in [-0.39, 0.29) is 5.56 Å². The predicted molar refractivity (Wildman–Crippen MR) is 72.4 cm³/mol. The molecule has 1 aromatic rings. The summed E-state index contributed by atoms with van der Waals surface area (Å²) < 4.78 is 0. The van der Waals surface area contributed by atoms with Crippen molar-refractivity contribution in [3.8, 4) is 6.07 Å². The summed E-state index contributed by atoms with van der Waals surface area (Å²) in [6.45, 7) is 3.53. The third-order valence-electron chi connectivity index (χ3n) is 2.43. The summed E-state index contributed by atoms with van der Waals surface area (Å²) >= 11 is 1.52. The van der Waals surface area contributed by atoms with Crippen LogP contribution in [0.1, 0.15) is 31.9 Å². The van der Waals surface area contributed by atoms with Crippen molar-refractivity contribution < 1.29 is 0 Å². The van der Waals surface area contributed by atoms with E-state index in [4.69, 9.17) is 11.0 Å². The lowest BCUT2D eigenvalue weighted by molar-refractivity contribution is 0.518. The normalized spacial score (nSPS) is 13.9. The molecule has 98 valence electrons. The van der Waals surface area contributed by atoms with Crippen LogP contribution < -0.4 is 11.3 Å². The molecule has 0 spiro atoms. The second-order valence-corrected chi connectivity index (χ2v) is 5.61. The monoisotopic (exact) mass is 266 g/mol. The van der Waals surface area contributed by atoms with Crippen LogP contribution in [-0.2, 0) is 0 Å². The topological polar surface area (TPSA) is 95.6 Å². The van der Waals surface area contributed by atoms with Gasteiger partial charge in [0.15, 0.2) is 5.16 Å². The standard InChI is InChI=1S/C12H18N4OS/c1-9-7-10(17)16-11(15-9)18-6-4-3-5-12(2,14)8-13/h7H,3-6,14H2,1-2H3,(H,15,16,17). The van der Waals surface area contributed by atoms with E-state index in [2.05, 4.69) is 16.0 Å². The Kier molecular flexibility index (Phi) is 5.38. The summed E-state index contributed by atoms with van der Waals surface area (Å²) in [5.74, 6) is 0.855. The van der Waals surface area contributed by atoms with Crippen LogP contribution in [0.4, 0.5) is 0 Å². The first-order valence-corrected chi connectivity index (χ1v) is 6.82. The predicted octanol–water partition coefficient (Wildman–Crippen LogP) is 1.58. The summed E-state index contributed by atoms with van der Waals surface area (Å²) in [7, 11) is 0. The summed E-state index contributed by atoms with van der Waals surface area (Å²) in [6, 6.07) is 3.55. The smallest absolute Gasteiger partial charge is 0.251 e. The zero-order chi connectivity index (χ0) is 13.6. The first kappa shape index (κ1) is 14.7. The summed E-state index contributed by atoms with van der Waals surface area (Å²) in [5.41, 5.74) is 5.59. The van der Waals surface area contributed by atoms with E-state index in [1.807, 2.05) is 0 Å². The highest BCUT2D eigenvalue weighted by Crippen LogP contribution is 2.16. The van der Waals surface area contributed by atoms with Gasteiger partial charge >= 0.3 is 0 Å². The van der Waals surface area contributed by atoms with Gasteiger partial charge in [-0.05, 0) is 33.1 Å². The molecule has 1 atom stereocenters. The van der Waals surface area contributed by atoms with Crippen molar-refractivity contribution in [2.75, 3.05) is 5.75 Å². The van der Waals surface area contributed by atoms with Gasteiger partial charge in [-0.15, -0.1) is 0 Å². The van der Waals surface area contributed by atoms with Gasteiger partial charge < -0.3 is 10.7 Å². The fourth-order valence-corrected chi connectivity index (χ4v) is 2.36.